The van der Waals surface area contributed by atoms with Crippen molar-refractivity contribution in [2.45, 2.75) is 77.2 Å². The molecule has 3 aliphatic rings. The Hall–Kier alpha value is -2.49. The van der Waals surface area contributed by atoms with Gasteiger partial charge in [0.2, 0.25) is 17.7 Å². The van der Waals surface area contributed by atoms with E-state index in [4.69, 9.17) is 4.74 Å². The summed E-state index contributed by atoms with van der Waals surface area (Å²) in [5.41, 5.74) is 0.589. The number of piperidine rings is 1. The maximum atomic E-state index is 13.0. The summed E-state index contributed by atoms with van der Waals surface area (Å²) >= 11 is 1.27. The molecule has 2 aliphatic carbocycles. The van der Waals surface area contributed by atoms with Gasteiger partial charge in [0, 0.05) is 30.4 Å². The molecule has 1 unspecified atom stereocenters. The number of ether oxygens (including phenoxy) is 1. The molecule has 4 rings (SSSR count). The van der Waals surface area contributed by atoms with Gasteiger partial charge in [0.25, 0.3) is 0 Å². The fourth-order valence-corrected chi connectivity index (χ4v) is 5.77. The van der Waals surface area contributed by atoms with E-state index in [9.17, 15) is 19.2 Å². The zero-order chi connectivity index (χ0) is 24.8. The summed E-state index contributed by atoms with van der Waals surface area (Å²) in [6.07, 6.45) is 8.75. The molecule has 1 aliphatic heterocycles. The number of nitrogens with zero attached hydrogens (tertiary/aromatic N) is 3. The van der Waals surface area contributed by atoms with Gasteiger partial charge in [-0.1, -0.05) is 19.3 Å². The van der Waals surface area contributed by atoms with Crippen molar-refractivity contribution in [2.75, 3.05) is 31.6 Å². The molecule has 1 aromatic rings. The summed E-state index contributed by atoms with van der Waals surface area (Å²) in [6.45, 7) is 3.16. The molecule has 3 amide bonds. The molecule has 9 nitrogen and oxygen atoms in total. The molecule has 35 heavy (non-hydrogen) atoms. The molecule has 2 saturated carbocycles. The first-order valence-corrected chi connectivity index (χ1v) is 13.8. The Balaban J connectivity index is 1.27. The van der Waals surface area contributed by atoms with E-state index in [1.54, 1.807) is 22.1 Å². The first-order valence-electron chi connectivity index (χ1n) is 12.9. The molecule has 2 heterocycles. The standard InChI is InChI=1S/C25H36N4O5S/c1-2-34-24(33)18-9-6-12-28(14-18)22(31)13-19-16-35-25(26-19)27-21(30)15-29(20-10-11-20)23(32)17-7-4-3-5-8-17/h16-18,20H,2-15H2,1H3,(H,26,27,30). The average molecular weight is 505 g/mol. The van der Waals surface area contributed by atoms with Crippen LogP contribution in [0.25, 0.3) is 0 Å². The number of carbonyl (C=O) groups excluding carboxylic acids is 4. The molecule has 1 aromatic heterocycles. The van der Waals surface area contributed by atoms with E-state index >= 15 is 0 Å². The monoisotopic (exact) mass is 504 g/mol. The maximum absolute atomic E-state index is 13.0. The highest BCUT2D eigenvalue weighted by molar-refractivity contribution is 7.13. The predicted molar refractivity (Wildman–Crippen MR) is 132 cm³/mol. The maximum Gasteiger partial charge on any atom is 0.310 e. The number of anilines is 1. The summed E-state index contributed by atoms with van der Waals surface area (Å²) in [5, 5.41) is 5.01. The van der Waals surface area contributed by atoms with Gasteiger partial charge in [0.05, 0.1) is 24.6 Å². The number of aromatic nitrogens is 1. The second-order valence-electron chi connectivity index (χ2n) is 9.83. The number of amides is 3. The molecule has 192 valence electrons. The topological polar surface area (TPSA) is 109 Å². The van der Waals surface area contributed by atoms with E-state index in [1.807, 2.05) is 0 Å². The van der Waals surface area contributed by atoms with Gasteiger partial charge in [-0.3, -0.25) is 19.2 Å². The number of hydrogen-bond donors (Lipinski definition) is 1. The van der Waals surface area contributed by atoms with Crippen molar-refractivity contribution in [3.63, 3.8) is 0 Å². The first kappa shape index (κ1) is 25.6. The molecule has 3 fully saturated rings. The second kappa shape index (κ2) is 12.0. The lowest BCUT2D eigenvalue weighted by atomic mass is 9.88. The van der Waals surface area contributed by atoms with Crippen LogP contribution in [0, 0.1) is 11.8 Å². The van der Waals surface area contributed by atoms with Gasteiger partial charge in [-0.25, -0.2) is 4.98 Å². The number of thiazole rings is 1. The SMILES string of the molecule is CCOC(=O)C1CCCN(C(=O)Cc2csc(NC(=O)CN(C(=O)C3CCCCC3)C3CC3)n2)C1. The fraction of sp³-hybridized carbons (Fsp3) is 0.720. The number of carbonyl (C=O) groups is 4. The Labute approximate surface area is 210 Å². The van der Waals surface area contributed by atoms with Gasteiger partial charge >= 0.3 is 5.97 Å². The lowest BCUT2D eigenvalue weighted by molar-refractivity contribution is -0.151. The number of hydrogen-bond acceptors (Lipinski definition) is 7. The largest absolute Gasteiger partial charge is 0.466 e. The summed E-state index contributed by atoms with van der Waals surface area (Å²) in [6, 6.07) is 0.183. The summed E-state index contributed by atoms with van der Waals surface area (Å²) < 4.78 is 5.11. The van der Waals surface area contributed by atoms with Crippen LogP contribution < -0.4 is 5.32 Å². The molecular formula is C25H36N4O5S. The van der Waals surface area contributed by atoms with Crippen molar-refractivity contribution in [3.05, 3.63) is 11.1 Å². The van der Waals surface area contributed by atoms with Crippen molar-refractivity contribution in [2.24, 2.45) is 11.8 Å². The number of esters is 1. The molecule has 0 spiro atoms. The van der Waals surface area contributed by atoms with Gasteiger partial charge in [0.15, 0.2) is 5.13 Å². The van der Waals surface area contributed by atoms with E-state index in [-0.39, 0.29) is 54.5 Å². The van der Waals surface area contributed by atoms with Gasteiger partial charge in [-0.2, -0.15) is 0 Å². The Morgan fingerprint density at radius 1 is 1.09 bits per heavy atom. The predicted octanol–water partition coefficient (Wildman–Crippen LogP) is 3.00. The Morgan fingerprint density at radius 2 is 1.83 bits per heavy atom. The minimum atomic E-state index is -0.274. The summed E-state index contributed by atoms with van der Waals surface area (Å²) in [4.78, 5) is 58.4. The van der Waals surface area contributed by atoms with Crippen LogP contribution in [0.4, 0.5) is 5.13 Å². The lowest BCUT2D eigenvalue weighted by Gasteiger charge is -2.31. The Kier molecular flexibility index (Phi) is 8.75. The van der Waals surface area contributed by atoms with Crippen molar-refractivity contribution < 1.29 is 23.9 Å². The van der Waals surface area contributed by atoms with Crippen LogP contribution in [0.15, 0.2) is 5.38 Å². The van der Waals surface area contributed by atoms with Crippen LogP contribution in [0.3, 0.4) is 0 Å². The van der Waals surface area contributed by atoms with Gasteiger partial charge < -0.3 is 19.9 Å². The first-order chi connectivity index (χ1) is 16.9. The van der Waals surface area contributed by atoms with Crippen LogP contribution in [0.1, 0.15) is 70.4 Å². The highest BCUT2D eigenvalue weighted by Gasteiger charge is 2.37. The van der Waals surface area contributed by atoms with Crippen LogP contribution in [-0.2, 0) is 30.3 Å². The van der Waals surface area contributed by atoms with E-state index in [0.717, 1.165) is 51.4 Å². The van der Waals surface area contributed by atoms with Crippen LogP contribution in [-0.4, -0.2) is 70.8 Å². The highest BCUT2D eigenvalue weighted by atomic mass is 32.1. The minimum Gasteiger partial charge on any atom is -0.466 e. The molecule has 10 heteroatoms. The number of nitrogens with one attached hydrogen (secondary N) is 1. The normalized spacial score (nSPS) is 20.8. The quantitative estimate of drug-likeness (QED) is 0.518. The zero-order valence-electron chi connectivity index (χ0n) is 20.5. The fourth-order valence-electron chi connectivity index (χ4n) is 5.04. The lowest BCUT2D eigenvalue weighted by Crippen LogP contribution is -2.43. The third-order valence-electron chi connectivity index (χ3n) is 7.06. The summed E-state index contributed by atoms with van der Waals surface area (Å²) in [7, 11) is 0. The zero-order valence-corrected chi connectivity index (χ0v) is 21.3. The van der Waals surface area contributed by atoms with E-state index in [0.29, 0.717) is 30.5 Å². The molecule has 1 atom stereocenters. The molecule has 0 bridgehead atoms. The summed E-state index contributed by atoms with van der Waals surface area (Å²) in [5.74, 6) is -0.681. The third-order valence-corrected chi connectivity index (χ3v) is 7.87. The minimum absolute atomic E-state index is 0.0489. The van der Waals surface area contributed by atoms with E-state index < -0.39 is 0 Å². The van der Waals surface area contributed by atoms with E-state index in [1.165, 1.54) is 17.8 Å². The van der Waals surface area contributed by atoms with Crippen LogP contribution in [0.2, 0.25) is 0 Å². The van der Waals surface area contributed by atoms with Crippen LogP contribution in [0.5, 0.6) is 0 Å². The van der Waals surface area contributed by atoms with Crippen molar-refractivity contribution >= 4 is 40.2 Å². The Morgan fingerprint density at radius 3 is 2.54 bits per heavy atom. The number of likely N-dealkylation sites (tertiary alicyclic amines) is 1. The molecule has 1 saturated heterocycles. The van der Waals surface area contributed by atoms with Crippen molar-refractivity contribution in [1.82, 2.24) is 14.8 Å². The van der Waals surface area contributed by atoms with E-state index in [2.05, 4.69) is 10.3 Å². The van der Waals surface area contributed by atoms with Crippen molar-refractivity contribution in [3.8, 4) is 0 Å². The smallest absolute Gasteiger partial charge is 0.310 e. The average Bonchev–Trinajstić information content (AvgIpc) is 3.63. The molecule has 1 N–H and O–H groups in total. The molecule has 0 aromatic carbocycles. The third kappa shape index (κ3) is 7.02. The molecule has 0 radical (unpaired) electrons. The van der Waals surface area contributed by atoms with Gasteiger partial charge in [-0.05, 0) is 45.4 Å². The van der Waals surface area contributed by atoms with Crippen LogP contribution >= 0.6 is 11.3 Å². The highest BCUT2D eigenvalue weighted by Crippen LogP contribution is 2.32. The van der Waals surface area contributed by atoms with Gasteiger partial charge in [-0.15, -0.1) is 11.3 Å². The second-order valence-corrected chi connectivity index (χ2v) is 10.7. The van der Waals surface area contributed by atoms with Gasteiger partial charge in [0.1, 0.15) is 6.54 Å². The molecular weight excluding hydrogens is 468 g/mol. The number of rotatable bonds is 9. The van der Waals surface area contributed by atoms with Crippen molar-refractivity contribution in [1.29, 1.82) is 0 Å². The Bertz CT molecular complexity index is 925.